The van der Waals surface area contributed by atoms with E-state index in [-0.39, 0.29) is 19.4 Å². The van der Waals surface area contributed by atoms with Crippen LogP contribution in [0.15, 0.2) is 12.2 Å². The molecule has 1 aliphatic rings. The standard InChI is InChI=1S/C55H104O12S/c1-3-5-7-9-11-13-15-17-19-21-23-24-25-26-28-29-31-33-35-37-39-41-43-50(56)64-45-48(46-65-55-54(60)53(59)52(58)49(67-55)47-68(61,62)63)66-51(57)44-42-40-38-36-34-32-30-27-22-20-18-16-14-12-10-8-6-4-2/h20,22,48-49,52-55,58-60H,3-19,21,23-47H2,1-2H3,(H,61,62,63)/b22-20-. The molecule has 402 valence electrons. The third-order valence-electron chi connectivity index (χ3n) is 13.3. The number of hydrogen-bond acceptors (Lipinski definition) is 11. The van der Waals surface area contributed by atoms with Crippen molar-refractivity contribution in [3.63, 3.8) is 0 Å². The van der Waals surface area contributed by atoms with Crippen molar-refractivity contribution in [3.8, 4) is 0 Å². The smallest absolute Gasteiger partial charge is 0.306 e. The summed E-state index contributed by atoms with van der Waals surface area (Å²) in [4.78, 5) is 25.6. The normalized spacial score (nSPS) is 19.2. The Balaban J connectivity index is 2.31. The van der Waals surface area contributed by atoms with Crippen LogP contribution in [0.5, 0.6) is 0 Å². The fourth-order valence-corrected chi connectivity index (χ4v) is 9.66. The van der Waals surface area contributed by atoms with Gasteiger partial charge in [-0.25, -0.2) is 0 Å². The molecule has 1 fully saturated rings. The van der Waals surface area contributed by atoms with Crippen LogP contribution >= 0.6 is 0 Å². The first-order valence-corrected chi connectivity index (χ1v) is 29.9. The zero-order chi connectivity index (χ0) is 49.8. The zero-order valence-corrected chi connectivity index (χ0v) is 44.3. The average Bonchev–Trinajstić information content (AvgIpc) is 3.31. The van der Waals surface area contributed by atoms with Crippen molar-refractivity contribution in [3.05, 3.63) is 12.2 Å². The van der Waals surface area contributed by atoms with E-state index in [1.807, 2.05) is 0 Å². The van der Waals surface area contributed by atoms with Crippen LogP contribution in [-0.2, 0) is 38.7 Å². The van der Waals surface area contributed by atoms with Gasteiger partial charge in [0.1, 0.15) is 36.8 Å². The molecule has 0 radical (unpaired) electrons. The van der Waals surface area contributed by atoms with Gasteiger partial charge < -0.3 is 34.3 Å². The van der Waals surface area contributed by atoms with Crippen LogP contribution < -0.4 is 0 Å². The average molecular weight is 989 g/mol. The number of allylic oxidation sites excluding steroid dienone is 2. The zero-order valence-electron chi connectivity index (χ0n) is 43.5. The molecule has 1 rings (SSSR count). The highest BCUT2D eigenvalue weighted by Crippen LogP contribution is 2.24. The van der Waals surface area contributed by atoms with E-state index in [9.17, 15) is 37.9 Å². The Labute approximate surface area is 416 Å². The Kier molecular flexibility index (Phi) is 42.9. The van der Waals surface area contributed by atoms with Gasteiger partial charge in [0.2, 0.25) is 0 Å². The van der Waals surface area contributed by atoms with Gasteiger partial charge in [-0.1, -0.05) is 231 Å². The highest BCUT2D eigenvalue weighted by molar-refractivity contribution is 7.85. The molecule has 1 heterocycles. The van der Waals surface area contributed by atoms with Crippen LogP contribution in [0.3, 0.4) is 0 Å². The lowest BCUT2D eigenvalue weighted by Crippen LogP contribution is -2.60. The quantitative estimate of drug-likeness (QED) is 0.0196. The summed E-state index contributed by atoms with van der Waals surface area (Å²) in [7, 11) is -4.60. The number of carbonyl (C=O) groups excluding carboxylic acids is 2. The lowest BCUT2D eigenvalue weighted by molar-refractivity contribution is -0.297. The summed E-state index contributed by atoms with van der Waals surface area (Å²) < 4.78 is 54.4. The Hall–Kier alpha value is -1.61. The van der Waals surface area contributed by atoms with Gasteiger partial charge in [-0.2, -0.15) is 8.42 Å². The lowest BCUT2D eigenvalue weighted by Gasteiger charge is -2.40. The predicted molar refractivity (Wildman–Crippen MR) is 275 cm³/mol. The van der Waals surface area contributed by atoms with Crippen molar-refractivity contribution in [2.24, 2.45) is 0 Å². The fourth-order valence-electron chi connectivity index (χ4n) is 8.97. The molecule has 0 aliphatic carbocycles. The third-order valence-corrected chi connectivity index (χ3v) is 14.1. The maximum absolute atomic E-state index is 12.9. The summed E-state index contributed by atoms with van der Waals surface area (Å²) in [6, 6.07) is 0. The SMILES string of the molecule is CCCCCCCCC/C=C\CCCCCCCCCC(=O)OC(COC(=O)CCCCCCCCCCCCCCCCCCCCCCCC)COC1OC(CS(=O)(=O)O)C(O)C(O)C1O. The molecule has 13 heteroatoms. The molecule has 1 saturated heterocycles. The summed E-state index contributed by atoms with van der Waals surface area (Å²) >= 11 is 0. The highest BCUT2D eigenvalue weighted by atomic mass is 32.2. The maximum Gasteiger partial charge on any atom is 0.306 e. The number of unbranched alkanes of at least 4 members (excludes halogenated alkanes) is 35. The van der Waals surface area contributed by atoms with Gasteiger partial charge in [-0.3, -0.25) is 14.1 Å². The Morgan fingerprint density at radius 1 is 0.485 bits per heavy atom. The first-order chi connectivity index (χ1) is 33.0. The molecule has 4 N–H and O–H groups in total. The second-order valence-corrected chi connectivity index (χ2v) is 21.5. The van der Waals surface area contributed by atoms with Crippen molar-refractivity contribution < 1.29 is 56.8 Å². The van der Waals surface area contributed by atoms with Gasteiger partial charge in [0.15, 0.2) is 12.4 Å². The highest BCUT2D eigenvalue weighted by Gasteiger charge is 2.46. The summed E-state index contributed by atoms with van der Waals surface area (Å²) in [6.07, 6.45) is 42.5. The van der Waals surface area contributed by atoms with Gasteiger partial charge >= 0.3 is 11.9 Å². The van der Waals surface area contributed by atoms with Crippen molar-refractivity contribution in [2.45, 2.75) is 307 Å². The van der Waals surface area contributed by atoms with Crippen LogP contribution in [0.2, 0.25) is 0 Å². The minimum atomic E-state index is -4.60. The molecule has 0 amide bonds. The third kappa shape index (κ3) is 39.1. The Bertz CT molecular complexity index is 1300. The summed E-state index contributed by atoms with van der Waals surface area (Å²) in [6.45, 7) is 3.81. The number of rotatable bonds is 49. The number of ether oxygens (including phenoxy) is 4. The van der Waals surface area contributed by atoms with Gasteiger partial charge in [-0.05, 0) is 38.5 Å². The second-order valence-electron chi connectivity index (χ2n) is 20.0. The van der Waals surface area contributed by atoms with E-state index in [0.717, 1.165) is 51.4 Å². The van der Waals surface area contributed by atoms with Crippen molar-refractivity contribution in [1.29, 1.82) is 0 Å². The molecule has 0 aromatic heterocycles. The van der Waals surface area contributed by atoms with E-state index < -0.39 is 71.2 Å². The summed E-state index contributed by atoms with van der Waals surface area (Å²) in [5.74, 6) is -1.97. The molecule has 68 heavy (non-hydrogen) atoms. The number of hydrogen-bond donors (Lipinski definition) is 4. The fraction of sp³-hybridized carbons (Fsp3) is 0.927. The van der Waals surface area contributed by atoms with E-state index >= 15 is 0 Å². The molecule has 6 atom stereocenters. The first kappa shape index (κ1) is 64.4. The molecule has 12 nitrogen and oxygen atoms in total. The van der Waals surface area contributed by atoms with Gasteiger partial charge in [0.25, 0.3) is 10.1 Å². The number of esters is 2. The first-order valence-electron chi connectivity index (χ1n) is 28.2. The number of carbonyl (C=O) groups is 2. The topological polar surface area (TPSA) is 186 Å². The molecule has 0 aromatic rings. The van der Waals surface area contributed by atoms with Crippen molar-refractivity contribution in [2.75, 3.05) is 19.0 Å². The molecule has 0 saturated carbocycles. The minimum Gasteiger partial charge on any atom is -0.462 e. The second kappa shape index (κ2) is 45.3. The lowest BCUT2D eigenvalue weighted by atomic mass is 10.00. The van der Waals surface area contributed by atoms with Gasteiger partial charge in [0, 0.05) is 12.8 Å². The summed E-state index contributed by atoms with van der Waals surface area (Å²) in [5.41, 5.74) is 0. The van der Waals surface area contributed by atoms with Crippen LogP contribution in [-0.4, -0.2) is 96.0 Å². The van der Waals surface area contributed by atoms with E-state index in [0.29, 0.717) is 12.8 Å². The molecular weight excluding hydrogens is 885 g/mol. The van der Waals surface area contributed by atoms with Crippen molar-refractivity contribution in [1.82, 2.24) is 0 Å². The van der Waals surface area contributed by atoms with Crippen LogP contribution in [0.25, 0.3) is 0 Å². The molecule has 0 bridgehead atoms. The summed E-state index contributed by atoms with van der Waals surface area (Å²) in [5, 5.41) is 31.0. The van der Waals surface area contributed by atoms with E-state index in [4.69, 9.17) is 18.9 Å². The maximum atomic E-state index is 12.9. The number of aliphatic hydroxyl groups is 3. The van der Waals surface area contributed by atoms with Gasteiger partial charge in [0.05, 0.1) is 6.61 Å². The van der Waals surface area contributed by atoms with Gasteiger partial charge in [-0.15, -0.1) is 0 Å². The largest absolute Gasteiger partial charge is 0.462 e. The molecule has 6 unspecified atom stereocenters. The van der Waals surface area contributed by atoms with Crippen LogP contribution in [0.4, 0.5) is 0 Å². The van der Waals surface area contributed by atoms with E-state index in [1.54, 1.807) is 0 Å². The molecule has 0 spiro atoms. The monoisotopic (exact) mass is 989 g/mol. The van der Waals surface area contributed by atoms with Crippen molar-refractivity contribution >= 4 is 22.1 Å². The molecule has 0 aromatic carbocycles. The molecule has 1 aliphatic heterocycles. The predicted octanol–water partition coefficient (Wildman–Crippen LogP) is 13.4. The van der Waals surface area contributed by atoms with Crippen LogP contribution in [0, 0.1) is 0 Å². The molecular formula is C55H104O12S. The van der Waals surface area contributed by atoms with Crippen LogP contribution in [0.1, 0.15) is 271 Å². The van der Waals surface area contributed by atoms with E-state index in [2.05, 4.69) is 26.0 Å². The Morgan fingerprint density at radius 3 is 1.22 bits per heavy atom. The minimum absolute atomic E-state index is 0.164. The Morgan fingerprint density at radius 2 is 0.838 bits per heavy atom. The number of aliphatic hydroxyl groups excluding tert-OH is 3. The van der Waals surface area contributed by atoms with E-state index in [1.165, 1.54) is 180 Å².